The van der Waals surface area contributed by atoms with E-state index in [0.29, 0.717) is 28.1 Å². The topological polar surface area (TPSA) is 66.4 Å². The van der Waals surface area contributed by atoms with Gasteiger partial charge in [0.15, 0.2) is 0 Å². The summed E-state index contributed by atoms with van der Waals surface area (Å²) >= 11 is 6.08. The van der Waals surface area contributed by atoms with Gasteiger partial charge in [0.2, 0.25) is 5.91 Å². The summed E-state index contributed by atoms with van der Waals surface area (Å²) in [6.07, 6.45) is 6.17. The van der Waals surface area contributed by atoms with Gasteiger partial charge in [-0.3, -0.25) is 4.79 Å². The molecule has 2 aromatic rings. The Balaban J connectivity index is 1.50. The van der Waals surface area contributed by atoms with Crippen molar-refractivity contribution >= 4 is 29.2 Å². The van der Waals surface area contributed by atoms with Crippen LogP contribution in [0.5, 0.6) is 0 Å². The molecule has 4 bridgehead atoms. The van der Waals surface area contributed by atoms with Gasteiger partial charge < -0.3 is 10.4 Å². The van der Waals surface area contributed by atoms with Crippen LogP contribution in [0.1, 0.15) is 65.6 Å². The van der Waals surface area contributed by atoms with Crippen molar-refractivity contribution in [2.45, 2.75) is 57.8 Å². The van der Waals surface area contributed by atoms with E-state index in [-0.39, 0.29) is 16.9 Å². The summed E-state index contributed by atoms with van der Waals surface area (Å²) in [5.74, 6) is 0.00525. The molecule has 4 fully saturated rings. The monoisotopic (exact) mass is 437 g/mol. The highest BCUT2D eigenvalue weighted by molar-refractivity contribution is 6.31. The van der Waals surface area contributed by atoms with Gasteiger partial charge in [-0.2, -0.15) is 0 Å². The van der Waals surface area contributed by atoms with Gasteiger partial charge in [0.05, 0.1) is 16.7 Å². The number of halogens is 1. The standard InChI is InChI=1S/C26H28ClNO3/c1-15-3-5-19(6-4-15)25-10-17-8-18(11-25)13-26(12-17,14-25)24(31)28-22-16(2)7-20(27)9-21(22)23(29)30/h3-7,9,17-18H,8,10-14H2,1-2H3,(H,28,31)(H,29,30). The summed E-state index contributed by atoms with van der Waals surface area (Å²) in [6.45, 7) is 3.90. The molecule has 1 amide bonds. The van der Waals surface area contributed by atoms with Crippen LogP contribution in [-0.2, 0) is 10.2 Å². The third-order valence-electron chi connectivity index (χ3n) is 7.98. The Labute approximate surface area is 188 Å². The Kier molecular flexibility index (Phi) is 4.71. The van der Waals surface area contributed by atoms with Crippen LogP contribution in [-0.4, -0.2) is 17.0 Å². The van der Waals surface area contributed by atoms with Gasteiger partial charge in [-0.1, -0.05) is 41.4 Å². The lowest BCUT2D eigenvalue weighted by Crippen LogP contribution is -2.58. The summed E-state index contributed by atoms with van der Waals surface area (Å²) in [6, 6.07) is 12.0. The number of rotatable bonds is 4. The van der Waals surface area contributed by atoms with Crippen molar-refractivity contribution in [2.75, 3.05) is 5.32 Å². The van der Waals surface area contributed by atoms with E-state index >= 15 is 0 Å². The molecule has 0 spiro atoms. The predicted octanol–water partition coefficient (Wildman–Crippen LogP) is 6.13. The van der Waals surface area contributed by atoms with E-state index in [4.69, 9.17) is 11.6 Å². The minimum Gasteiger partial charge on any atom is -0.478 e. The number of aromatic carboxylic acids is 1. The number of carbonyl (C=O) groups is 2. The lowest BCUT2D eigenvalue weighted by Gasteiger charge is -2.61. The van der Waals surface area contributed by atoms with Crippen LogP contribution in [0.4, 0.5) is 5.69 Å². The van der Waals surface area contributed by atoms with E-state index in [1.54, 1.807) is 13.0 Å². The molecule has 5 heteroatoms. The average Bonchev–Trinajstić information content (AvgIpc) is 2.69. The fraction of sp³-hybridized carbons (Fsp3) is 0.462. The summed E-state index contributed by atoms with van der Waals surface area (Å²) < 4.78 is 0. The molecular weight excluding hydrogens is 410 g/mol. The average molecular weight is 438 g/mol. The van der Waals surface area contributed by atoms with Crippen LogP contribution >= 0.6 is 11.6 Å². The van der Waals surface area contributed by atoms with Crippen LogP contribution in [0, 0.1) is 31.1 Å². The molecule has 4 aliphatic carbocycles. The highest BCUT2D eigenvalue weighted by Crippen LogP contribution is 2.66. The highest BCUT2D eigenvalue weighted by atomic mass is 35.5. The second-order valence-electron chi connectivity index (χ2n) is 10.3. The van der Waals surface area contributed by atoms with Crippen LogP contribution in [0.2, 0.25) is 5.02 Å². The normalized spacial score (nSPS) is 30.9. The van der Waals surface area contributed by atoms with E-state index < -0.39 is 11.4 Å². The molecule has 0 aromatic heterocycles. The first kappa shape index (κ1) is 20.6. The molecule has 2 unspecified atom stereocenters. The maximum atomic E-state index is 13.8. The SMILES string of the molecule is Cc1ccc(C23CC4CC(CC(C(=O)Nc5c(C)cc(Cl)cc5C(=O)O)(C4)C2)C3)cc1. The summed E-state index contributed by atoms with van der Waals surface area (Å²) in [4.78, 5) is 25.6. The number of hydrogen-bond acceptors (Lipinski definition) is 2. The first-order chi connectivity index (χ1) is 14.7. The molecule has 0 saturated heterocycles. The molecule has 0 aliphatic heterocycles. The number of anilines is 1. The van der Waals surface area contributed by atoms with Gasteiger partial charge in [0.1, 0.15) is 0 Å². The fourth-order valence-electron chi connectivity index (χ4n) is 7.10. The number of hydrogen-bond donors (Lipinski definition) is 2. The van der Waals surface area contributed by atoms with Crippen molar-refractivity contribution in [3.63, 3.8) is 0 Å². The molecule has 6 rings (SSSR count). The Morgan fingerprint density at radius 1 is 1.03 bits per heavy atom. The number of carboxylic acids is 1. The number of amides is 1. The highest BCUT2D eigenvalue weighted by Gasteiger charge is 2.61. The predicted molar refractivity (Wildman–Crippen MR) is 122 cm³/mol. The smallest absolute Gasteiger partial charge is 0.337 e. The Morgan fingerprint density at radius 2 is 1.68 bits per heavy atom. The lowest BCUT2D eigenvalue weighted by atomic mass is 9.42. The van der Waals surface area contributed by atoms with Crippen molar-refractivity contribution in [2.24, 2.45) is 17.3 Å². The molecule has 0 heterocycles. The van der Waals surface area contributed by atoms with Crippen molar-refractivity contribution in [3.05, 3.63) is 63.7 Å². The van der Waals surface area contributed by atoms with E-state index in [1.165, 1.54) is 23.6 Å². The molecule has 2 atom stereocenters. The molecule has 2 aromatic carbocycles. The molecule has 0 radical (unpaired) electrons. The summed E-state index contributed by atoms with van der Waals surface area (Å²) in [7, 11) is 0. The first-order valence-corrected chi connectivity index (χ1v) is 11.5. The van der Waals surface area contributed by atoms with Crippen molar-refractivity contribution < 1.29 is 14.7 Å². The second kappa shape index (κ2) is 7.09. The second-order valence-corrected chi connectivity index (χ2v) is 10.7. The van der Waals surface area contributed by atoms with E-state index in [9.17, 15) is 14.7 Å². The van der Waals surface area contributed by atoms with Crippen LogP contribution in [0.15, 0.2) is 36.4 Å². The van der Waals surface area contributed by atoms with Gasteiger partial charge in [-0.05, 0) is 92.9 Å². The summed E-state index contributed by atoms with van der Waals surface area (Å²) in [5.41, 5.74) is 3.34. The zero-order valence-corrected chi connectivity index (χ0v) is 18.8. The van der Waals surface area contributed by atoms with Crippen molar-refractivity contribution in [1.82, 2.24) is 0 Å². The van der Waals surface area contributed by atoms with Crippen LogP contribution in [0.25, 0.3) is 0 Å². The minimum absolute atomic E-state index is 0.0222. The van der Waals surface area contributed by atoms with Gasteiger partial charge in [0.25, 0.3) is 0 Å². The lowest BCUT2D eigenvalue weighted by molar-refractivity contribution is -0.143. The van der Waals surface area contributed by atoms with Gasteiger partial charge in [-0.25, -0.2) is 4.79 Å². The van der Waals surface area contributed by atoms with E-state index in [1.807, 2.05) is 0 Å². The quantitative estimate of drug-likeness (QED) is 0.604. The van der Waals surface area contributed by atoms with Gasteiger partial charge >= 0.3 is 5.97 Å². The minimum atomic E-state index is -1.08. The molecule has 4 saturated carbocycles. The Morgan fingerprint density at radius 3 is 2.29 bits per heavy atom. The molecule has 2 N–H and O–H groups in total. The van der Waals surface area contributed by atoms with Crippen molar-refractivity contribution in [3.8, 4) is 0 Å². The molecule has 4 aliphatic rings. The number of nitrogens with one attached hydrogen (secondary N) is 1. The van der Waals surface area contributed by atoms with Crippen LogP contribution < -0.4 is 5.32 Å². The number of aryl methyl sites for hydroxylation is 2. The molecular formula is C26H28ClNO3. The number of carboxylic acid groups (broad SMARTS) is 1. The van der Waals surface area contributed by atoms with E-state index in [2.05, 4.69) is 36.5 Å². The van der Waals surface area contributed by atoms with Gasteiger partial charge in [0, 0.05) is 5.02 Å². The Bertz CT molecular complexity index is 1060. The third kappa shape index (κ3) is 3.36. The first-order valence-electron chi connectivity index (χ1n) is 11.1. The van der Waals surface area contributed by atoms with Gasteiger partial charge in [-0.15, -0.1) is 0 Å². The Hall–Kier alpha value is -2.33. The maximum absolute atomic E-state index is 13.8. The molecule has 4 nitrogen and oxygen atoms in total. The molecule has 162 valence electrons. The number of carbonyl (C=O) groups excluding carboxylic acids is 1. The largest absolute Gasteiger partial charge is 0.478 e. The van der Waals surface area contributed by atoms with E-state index in [0.717, 1.165) is 32.1 Å². The fourth-order valence-corrected chi connectivity index (χ4v) is 7.37. The zero-order valence-electron chi connectivity index (χ0n) is 18.0. The maximum Gasteiger partial charge on any atom is 0.337 e. The number of benzene rings is 2. The third-order valence-corrected chi connectivity index (χ3v) is 8.19. The molecule has 31 heavy (non-hydrogen) atoms. The van der Waals surface area contributed by atoms with Crippen molar-refractivity contribution in [1.29, 1.82) is 0 Å². The summed E-state index contributed by atoms with van der Waals surface area (Å²) in [5, 5.41) is 13.1. The zero-order chi connectivity index (χ0) is 22.0. The van der Waals surface area contributed by atoms with Crippen LogP contribution in [0.3, 0.4) is 0 Å².